The van der Waals surface area contributed by atoms with Crippen molar-refractivity contribution in [2.75, 3.05) is 18.0 Å². The van der Waals surface area contributed by atoms with Gasteiger partial charge in [-0.3, -0.25) is 4.79 Å². The predicted molar refractivity (Wildman–Crippen MR) is 107 cm³/mol. The van der Waals surface area contributed by atoms with Crippen molar-refractivity contribution >= 4 is 40.5 Å². The van der Waals surface area contributed by atoms with E-state index in [4.69, 9.17) is 4.42 Å². The fraction of sp³-hybridized carbons (Fsp3) is 0.300. The average molecular weight is 385 g/mol. The molecule has 0 spiro atoms. The molecule has 1 aromatic carbocycles. The topological polar surface area (TPSA) is 57.8 Å². The first-order valence-corrected chi connectivity index (χ1v) is 9.89. The quantitative estimate of drug-likeness (QED) is 0.779. The van der Waals surface area contributed by atoms with Gasteiger partial charge in [-0.15, -0.1) is 0 Å². The molecule has 0 bridgehead atoms. The lowest BCUT2D eigenvalue weighted by Gasteiger charge is -2.18. The smallest absolute Gasteiger partial charge is 0.264 e. The van der Waals surface area contributed by atoms with Crippen molar-refractivity contribution in [3.63, 3.8) is 0 Å². The third kappa shape index (κ3) is 4.42. The highest BCUT2D eigenvalue weighted by Crippen LogP contribution is 2.30. The van der Waals surface area contributed by atoms with Crippen molar-refractivity contribution in [3.8, 4) is 0 Å². The highest BCUT2D eigenvalue weighted by Gasteiger charge is 2.24. The molecule has 5 nitrogen and oxygen atoms in total. The number of carbonyl (C=O) groups excluding carboxylic acids is 1. The van der Waals surface area contributed by atoms with Crippen LogP contribution in [0.4, 0.5) is 16.0 Å². The Kier molecular flexibility index (Phi) is 5.29. The minimum atomic E-state index is -0.319. The van der Waals surface area contributed by atoms with Crippen molar-refractivity contribution in [2.24, 2.45) is 4.99 Å². The number of rotatable bonds is 3. The van der Waals surface area contributed by atoms with Gasteiger partial charge in [0.05, 0.1) is 10.6 Å². The van der Waals surface area contributed by atoms with E-state index in [0.717, 1.165) is 19.0 Å². The second kappa shape index (κ2) is 8.00. The highest BCUT2D eigenvalue weighted by atomic mass is 32.2. The lowest BCUT2D eigenvalue weighted by molar-refractivity contribution is -0.115. The molecular formula is C20H20FN3O2S. The van der Waals surface area contributed by atoms with E-state index in [-0.39, 0.29) is 11.7 Å². The number of nitrogens with one attached hydrogen (secondary N) is 1. The van der Waals surface area contributed by atoms with Crippen molar-refractivity contribution in [1.82, 2.24) is 5.32 Å². The maximum atomic E-state index is 13.0. The Morgan fingerprint density at radius 1 is 1.07 bits per heavy atom. The monoisotopic (exact) mass is 385 g/mol. The number of halogens is 1. The van der Waals surface area contributed by atoms with E-state index in [9.17, 15) is 9.18 Å². The van der Waals surface area contributed by atoms with Gasteiger partial charge in [-0.1, -0.05) is 12.8 Å². The fourth-order valence-electron chi connectivity index (χ4n) is 3.12. The molecule has 1 aromatic heterocycles. The lowest BCUT2D eigenvalue weighted by atomic mass is 10.2. The molecule has 3 heterocycles. The average Bonchev–Trinajstić information content (AvgIpc) is 3.14. The molecule has 1 N–H and O–H groups in total. The first-order valence-electron chi connectivity index (χ1n) is 9.07. The zero-order valence-corrected chi connectivity index (χ0v) is 15.6. The van der Waals surface area contributed by atoms with Crippen LogP contribution in [0.2, 0.25) is 0 Å². The van der Waals surface area contributed by atoms with E-state index in [2.05, 4.69) is 15.2 Å². The second-order valence-corrected chi connectivity index (χ2v) is 7.57. The summed E-state index contributed by atoms with van der Waals surface area (Å²) >= 11 is 1.24. The van der Waals surface area contributed by atoms with Gasteiger partial charge in [0.2, 0.25) is 0 Å². The molecule has 0 radical (unpaired) electrons. The summed E-state index contributed by atoms with van der Waals surface area (Å²) in [6, 6.07) is 9.65. The maximum Gasteiger partial charge on any atom is 0.264 e. The van der Waals surface area contributed by atoms with E-state index in [1.165, 1.54) is 49.6 Å². The number of amidine groups is 1. The van der Waals surface area contributed by atoms with Crippen LogP contribution in [0.25, 0.3) is 6.08 Å². The van der Waals surface area contributed by atoms with Crippen LogP contribution in [0.15, 0.2) is 50.7 Å². The fourth-order valence-corrected chi connectivity index (χ4v) is 3.95. The molecular weight excluding hydrogens is 365 g/mol. The van der Waals surface area contributed by atoms with Crippen LogP contribution < -0.4 is 10.2 Å². The number of benzene rings is 1. The molecule has 0 unspecified atom stereocenters. The number of hydrogen-bond acceptors (Lipinski definition) is 5. The van der Waals surface area contributed by atoms with E-state index < -0.39 is 0 Å². The molecule has 2 aliphatic rings. The standard InChI is InChI=1S/C20H20FN3O2S/c21-14-5-7-15(8-6-14)22-20-23-19(25)17(27-20)13-16-9-10-18(26-16)24-11-3-1-2-4-12-24/h5-10,13H,1-4,11-12H2,(H,22,23,25)/b17-13+. The van der Waals surface area contributed by atoms with Gasteiger partial charge in [-0.05, 0) is 54.9 Å². The Labute approximate surface area is 161 Å². The van der Waals surface area contributed by atoms with Gasteiger partial charge in [0.1, 0.15) is 11.6 Å². The van der Waals surface area contributed by atoms with Crippen LogP contribution in [0, 0.1) is 5.82 Å². The zero-order chi connectivity index (χ0) is 18.6. The summed E-state index contributed by atoms with van der Waals surface area (Å²) in [6.07, 6.45) is 6.62. The van der Waals surface area contributed by atoms with Crippen LogP contribution in [-0.2, 0) is 4.79 Å². The van der Waals surface area contributed by atoms with Crippen LogP contribution in [0.3, 0.4) is 0 Å². The molecule has 7 heteroatoms. The second-order valence-electron chi connectivity index (χ2n) is 6.54. The van der Waals surface area contributed by atoms with E-state index in [1.807, 2.05) is 12.1 Å². The number of hydrogen-bond donors (Lipinski definition) is 1. The Morgan fingerprint density at radius 2 is 1.81 bits per heavy atom. The van der Waals surface area contributed by atoms with E-state index >= 15 is 0 Å². The van der Waals surface area contributed by atoms with Gasteiger partial charge in [-0.25, -0.2) is 9.38 Å². The van der Waals surface area contributed by atoms with Gasteiger partial charge in [0.25, 0.3) is 5.91 Å². The van der Waals surface area contributed by atoms with Gasteiger partial charge < -0.3 is 14.6 Å². The summed E-state index contributed by atoms with van der Waals surface area (Å²) in [4.78, 5) is 19.3. The zero-order valence-electron chi connectivity index (χ0n) is 14.8. The maximum absolute atomic E-state index is 13.0. The number of aliphatic imine (C=N–C) groups is 1. The molecule has 0 saturated carbocycles. The van der Waals surface area contributed by atoms with Gasteiger partial charge >= 0.3 is 0 Å². The van der Waals surface area contributed by atoms with Crippen LogP contribution in [0.1, 0.15) is 31.4 Å². The minimum Gasteiger partial charge on any atom is -0.441 e. The molecule has 1 amide bonds. The molecule has 2 fully saturated rings. The van der Waals surface area contributed by atoms with Crippen LogP contribution in [-0.4, -0.2) is 24.2 Å². The molecule has 27 heavy (non-hydrogen) atoms. The third-order valence-electron chi connectivity index (χ3n) is 4.51. The summed E-state index contributed by atoms with van der Waals surface area (Å²) in [6.45, 7) is 2.01. The first kappa shape index (κ1) is 17.9. The van der Waals surface area contributed by atoms with Crippen LogP contribution >= 0.6 is 11.8 Å². The summed E-state index contributed by atoms with van der Waals surface area (Å²) in [7, 11) is 0. The van der Waals surface area contributed by atoms with E-state index in [1.54, 1.807) is 18.2 Å². The summed E-state index contributed by atoms with van der Waals surface area (Å²) in [5, 5.41) is 3.20. The van der Waals surface area contributed by atoms with Crippen molar-refractivity contribution in [2.45, 2.75) is 25.7 Å². The minimum absolute atomic E-state index is 0.214. The predicted octanol–water partition coefficient (Wildman–Crippen LogP) is 4.69. The molecule has 2 aromatic rings. The number of anilines is 1. The summed E-state index contributed by atoms with van der Waals surface area (Å²) in [5.41, 5.74) is 0.585. The summed E-state index contributed by atoms with van der Waals surface area (Å²) in [5.74, 6) is 0.969. The number of thioether (sulfide) groups is 1. The third-order valence-corrected chi connectivity index (χ3v) is 5.42. The van der Waals surface area contributed by atoms with Crippen molar-refractivity contribution in [3.05, 3.63) is 52.9 Å². The number of carbonyl (C=O) groups is 1. The highest BCUT2D eigenvalue weighted by molar-refractivity contribution is 8.18. The number of furan rings is 1. The van der Waals surface area contributed by atoms with Gasteiger partial charge in [0.15, 0.2) is 11.1 Å². The van der Waals surface area contributed by atoms with Crippen molar-refractivity contribution < 1.29 is 13.6 Å². The summed E-state index contributed by atoms with van der Waals surface area (Å²) < 4.78 is 18.9. The van der Waals surface area contributed by atoms with Crippen molar-refractivity contribution in [1.29, 1.82) is 0 Å². The Bertz CT molecular complexity index is 881. The molecule has 140 valence electrons. The SMILES string of the molecule is O=C1NC(=Nc2ccc(F)cc2)S/C1=C/c1ccc(N2CCCCCC2)o1. The number of amides is 1. The normalized spacial score (nSPS) is 20.9. The molecule has 4 rings (SSSR count). The number of nitrogens with zero attached hydrogens (tertiary/aromatic N) is 2. The largest absolute Gasteiger partial charge is 0.441 e. The van der Waals surface area contributed by atoms with Gasteiger partial charge in [-0.2, -0.15) is 0 Å². The molecule has 0 aliphatic carbocycles. The molecule has 2 saturated heterocycles. The molecule has 0 atom stereocenters. The first-order chi connectivity index (χ1) is 13.2. The lowest BCUT2D eigenvalue weighted by Crippen LogP contribution is -2.23. The Balaban J connectivity index is 1.47. The molecule has 2 aliphatic heterocycles. The Hall–Kier alpha value is -2.54. The Morgan fingerprint density at radius 3 is 2.56 bits per heavy atom. The van der Waals surface area contributed by atoms with E-state index in [0.29, 0.717) is 21.5 Å². The van der Waals surface area contributed by atoms with Gasteiger partial charge in [0, 0.05) is 25.2 Å². The van der Waals surface area contributed by atoms with Crippen LogP contribution in [0.5, 0.6) is 0 Å².